The summed E-state index contributed by atoms with van der Waals surface area (Å²) in [6, 6.07) is -3.26. The minimum Gasteiger partial charge on any atom is -0.508 e. The molecular formula is C89H125N19O22S. The van der Waals surface area contributed by atoms with E-state index in [1.807, 2.05) is 13.8 Å². The number of rotatable bonds is 24. The normalized spacial score (nSPS) is 25.3. The van der Waals surface area contributed by atoms with Crippen LogP contribution in [0.15, 0.2) is 85.2 Å². The molecule has 0 aliphatic carbocycles. The second-order valence-electron chi connectivity index (χ2n) is 34.5. The van der Waals surface area contributed by atoms with Crippen molar-refractivity contribution in [1.29, 1.82) is 0 Å². The summed E-state index contributed by atoms with van der Waals surface area (Å²) >= 11 is 0.810. The highest BCUT2D eigenvalue weighted by atomic mass is 32.2. The molecule has 0 spiro atoms. The van der Waals surface area contributed by atoms with Crippen molar-refractivity contribution in [2.24, 2.45) is 29.0 Å². The molecule has 714 valence electrons. The highest BCUT2D eigenvalue weighted by Gasteiger charge is 2.47. The number of para-hydroxylation sites is 2. The molecule has 41 nitrogen and oxygen atoms in total. The van der Waals surface area contributed by atoms with E-state index in [1.165, 1.54) is 63.1 Å². The van der Waals surface area contributed by atoms with Crippen molar-refractivity contribution in [3.63, 3.8) is 0 Å². The third-order valence-electron chi connectivity index (χ3n) is 23.6. The Balaban J connectivity index is 1.20. The summed E-state index contributed by atoms with van der Waals surface area (Å²) in [5, 5.41) is 66.7. The number of nitrogens with one attached hydrogen (secondary N) is 10. The number of carbonyl (C=O) groups excluding carboxylic acids is 16. The number of primary amides is 2. The first-order valence-electron chi connectivity index (χ1n) is 44.0. The van der Waals surface area contributed by atoms with Gasteiger partial charge in [0, 0.05) is 106 Å². The molecule has 15 atom stereocenters. The van der Waals surface area contributed by atoms with Crippen LogP contribution in [0.5, 0.6) is 5.75 Å². The van der Waals surface area contributed by atoms with Crippen molar-refractivity contribution in [1.82, 2.24) is 81.9 Å². The lowest BCUT2D eigenvalue weighted by Crippen LogP contribution is -2.62. The number of carbonyl (C=O) groups is 18. The van der Waals surface area contributed by atoms with Gasteiger partial charge in [-0.15, -0.1) is 11.8 Å². The molecule has 0 unspecified atom stereocenters. The molecule has 131 heavy (non-hydrogen) atoms. The summed E-state index contributed by atoms with van der Waals surface area (Å²) in [5.41, 5.74) is 19.8. The number of hydrogen-bond donors (Lipinski definition) is 17. The van der Waals surface area contributed by atoms with E-state index in [4.69, 9.17) is 17.2 Å². The Morgan fingerprint density at radius 3 is 1.69 bits per heavy atom. The van der Waals surface area contributed by atoms with Crippen LogP contribution < -0.4 is 65.1 Å². The van der Waals surface area contributed by atoms with Gasteiger partial charge in [-0.25, -0.2) is 0 Å². The fraction of sp³-hybridized carbons (Fsp3) is 0.551. The first-order valence-corrected chi connectivity index (χ1v) is 45.2. The average Bonchev–Trinajstić information content (AvgIpc) is 1.66. The standard InChI is InChI=1S/C89H125N19O22S/c1-11-13-23-68-82(123)96-58(32-47(3)4)78(119)102-66(76(92)117)45-131-46-73(112)94-62(34-50-27-29-53(109)30-28-50)85(126)103(8)49(7)77(118)98-64(38-72(91)111)87(128)107-31-19-26-69(107)83(124)101-65(40-90)81(122)99-61(33-48(5)6)88(129)108-43-54(110)37-71(108)84(125)97-59(35-51-41-93-57-22-17-15-20-55(51)57)79(120)95-60(39-74(113)114)80(121)100-63(86(127)105(10)70(24-14-12-2)89(130)104(68)9)36-52-42-106(44-75(115)116)67-25-18-16-21-56(52)67/h15-18,20-22,25,27-30,41-42,47-49,54,58-66,68-71,93,109-110H,11-14,19,23-24,26,31-40,43-46,90H2,1-10H3,(H2,91,111)(H2,92,117)(H,94,112)(H,95,120)(H,96,123)(H,97,125)(H,98,118)(H,99,122)(H,100,121)(H,101,124)(H,102,119)(H,113,114)(H,115,116)/t49-,54+,58-,59-,60-,61-,62-,63-,64-,65-,66-,68-,69-,70-,71-/m0/s1. The van der Waals surface area contributed by atoms with E-state index in [0.717, 1.165) is 36.3 Å². The molecule has 20 N–H and O–H groups in total. The molecule has 42 heteroatoms. The number of aliphatic hydroxyl groups excluding tert-OH is 1. The Kier molecular flexibility index (Phi) is 38.2. The SMILES string of the molecule is CCCC[C@H]1C(=O)N(C)[C@@H](CCCC)C(=O)N[C@@H](CC(C)C)C(=O)N[C@H](C(N)=O)CSCC(=O)N[C@@H](Cc2ccc(O)cc2)C(=O)N(C)[C@@H](C)C(=O)N[C@@H](CC(N)=O)C(=O)N2CCC[C@H]2C(=O)N[C@@H](CN)C(=O)N[C@@H](CC(C)C)C(=O)N2C[C@H](O)C[C@H]2C(=O)N[C@@H](Cc2c[nH]c3ccccc23)C(=O)N[C@@H](CC(=O)O)C(=O)N[C@@H](Cc2cn(CC(=O)O)c3ccccc23)C(=O)N1C. The quantitative estimate of drug-likeness (QED) is 0.0344. The van der Waals surface area contributed by atoms with E-state index in [-0.39, 0.29) is 86.8 Å². The van der Waals surface area contributed by atoms with Crippen LogP contribution in [0.4, 0.5) is 0 Å². The molecule has 3 aliphatic heterocycles. The molecule has 3 aromatic carbocycles. The zero-order valence-electron chi connectivity index (χ0n) is 75.4. The van der Waals surface area contributed by atoms with Crippen LogP contribution in [0.1, 0.15) is 149 Å². The maximum Gasteiger partial charge on any atom is 0.323 e. The van der Waals surface area contributed by atoms with Gasteiger partial charge in [0.25, 0.3) is 0 Å². The number of aliphatic hydroxyl groups is 1. The monoisotopic (exact) mass is 1840 g/mol. The van der Waals surface area contributed by atoms with Gasteiger partial charge in [0.05, 0.1) is 24.7 Å². The smallest absolute Gasteiger partial charge is 0.323 e. The number of unbranched alkanes of at least 4 members (excludes halogenated alkanes) is 2. The Labute approximate surface area is 762 Å². The lowest BCUT2D eigenvalue weighted by molar-refractivity contribution is -0.149. The van der Waals surface area contributed by atoms with Crippen LogP contribution in [-0.4, -0.2) is 304 Å². The summed E-state index contributed by atoms with van der Waals surface area (Å²) in [6.07, 6.45) is -0.455. The van der Waals surface area contributed by atoms with Gasteiger partial charge in [0.15, 0.2) is 0 Å². The molecule has 8 rings (SSSR count). The van der Waals surface area contributed by atoms with Gasteiger partial charge in [0.1, 0.15) is 96.9 Å². The number of aliphatic carboxylic acids is 2. The van der Waals surface area contributed by atoms with Crippen molar-refractivity contribution in [2.75, 3.05) is 52.3 Å². The molecule has 3 saturated heterocycles. The number of amides is 16. The summed E-state index contributed by atoms with van der Waals surface area (Å²) in [7, 11) is 3.84. The fourth-order valence-corrected chi connectivity index (χ4v) is 17.3. The second-order valence-corrected chi connectivity index (χ2v) is 35.6. The molecular weight excluding hydrogens is 1720 g/mol. The Morgan fingerprint density at radius 2 is 1.06 bits per heavy atom. The number of aromatic nitrogens is 2. The minimum absolute atomic E-state index is 0.00326. The molecule has 0 radical (unpaired) electrons. The third-order valence-corrected chi connectivity index (χ3v) is 24.6. The van der Waals surface area contributed by atoms with E-state index < -0.39 is 255 Å². The first kappa shape index (κ1) is 104. The van der Waals surface area contributed by atoms with Crippen LogP contribution in [0.25, 0.3) is 21.8 Å². The summed E-state index contributed by atoms with van der Waals surface area (Å²) in [4.78, 5) is 269. The van der Waals surface area contributed by atoms with Crippen molar-refractivity contribution < 1.29 is 107 Å². The van der Waals surface area contributed by atoms with Crippen molar-refractivity contribution in [3.8, 4) is 5.75 Å². The number of likely N-dealkylation sites (N-methyl/N-ethyl adjacent to an activating group) is 3. The first-order chi connectivity index (χ1) is 62.0. The minimum atomic E-state index is -2.10. The summed E-state index contributed by atoms with van der Waals surface area (Å²) in [6.45, 7) is 10.1. The molecule has 2 aromatic heterocycles. The number of carboxylic acid groups (broad SMARTS) is 2. The Hall–Kier alpha value is -12.7. The molecule has 0 saturated carbocycles. The molecule has 5 heterocycles. The maximum absolute atomic E-state index is 15.9. The number of hydrogen-bond acceptors (Lipinski definition) is 22. The van der Waals surface area contributed by atoms with Crippen LogP contribution in [0.2, 0.25) is 0 Å². The maximum atomic E-state index is 15.9. The predicted octanol–water partition coefficient (Wildman–Crippen LogP) is -1.23. The van der Waals surface area contributed by atoms with Crippen LogP contribution in [-0.2, 0) is 112 Å². The number of benzene rings is 3. The lowest BCUT2D eigenvalue weighted by Gasteiger charge is -2.36. The zero-order valence-corrected chi connectivity index (χ0v) is 76.2. The number of aromatic hydroxyl groups is 1. The van der Waals surface area contributed by atoms with Crippen molar-refractivity contribution in [2.45, 2.75) is 248 Å². The largest absolute Gasteiger partial charge is 0.508 e. The Bertz CT molecular complexity index is 4980. The van der Waals surface area contributed by atoms with E-state index in [0.29, 0.717) is 52.2 Å². The van der Waals surface area contributed by atoms with E-state index >= 15 is 33.6 Å². The zero-order chi connectivity index (χ0) is 96.5. The number of nitrogens with two attached hydrogens (primary N) is 3. The van der Waals surface area contributed by atoms with Gasteiger partial charge < -0.3 is 120 Å². The highest BCUT2D eigenvalue weighted by Crippen LogP contribution is 2.29. The van der Waals surface area contributed by atoms with Crippen LogP contribution in [0.3, 0.4) is 0 Å². The number of phenolic OH excluding ortho intramolecular Hbond substituents is 1. The van der Waals surface area contributed by atoms with Gasteiger partial charge >= 0.3 is 11.9 Å². The van der Waals surface area contributed by atoms with Gasteiger partial charge in [-0.05, 0) is 98.2 Å². The predicted molar refractivity (Wildman–Crippen MR) is 480 cm³/mol. The van der Waals surface area contributed by atoms with Crippen molar-refractivity contribution in [3.05, 3.63) is 102 Å². The topological polar surface area (TPSA) is 611 Å². The summed E-state index contributed by atoms with van der Waals surface area (Å²) < 4.78 is 1.39. The van der Waals surface area contributed by atoms with E-state index in [9.17, 15) is 73.2 Å². The highest BCUT2D eigenvalue weighted by molar-refractivity contribution is 8.00. The number of nitrogens with zero attached hydrogens (tertiary/aromatic N) is 6. The van der Waals surface area contributed by atoms with E-state index in [2.05, 4.69) is 52.8 Å². The third kappa shape index (κ3) is 28.4. The van der Waals surface area contributed by atoms with E-state index in [1.54, 1.807) is 82.4 Å². The van der Waals surface area contributed by atoms with Crippen LogP contribution in [0, 0.1) is 11.8 Å². The fourth-order valence-electron chi connectivity index (χ4n) is 16.5. The van der Waals surface area contributed by atoms with Gasteiger partial charge in [-0.2, -0.15) is 0 Å². The molecule has 0 bridgehead atoms. The van der Waals surface area contributed by atoms with Gasteiger partial charge in [-0.3, -0.25) is 86.3 Å². The van der Waals surface area contributed by atoms with Crippen LogP contribution >= 0.6 is 11.8 Å². The number of H-pyrrole nitrogens is 1. The second kappa shape index (κ2) is 48.2. The van der Waals surface area contributed by atoms with Gasteiger partial charge in [0.2, 0.25) is 94.5 Å². The number of fused-ring (bicyclic) bond motifs is 4. The molecule has 5 aromatic rings. The van der Waals surface area contributed by atoms with Gasteiger partial charge in [-0.1, -0.05) is 116 Å². The average molecular weight is 1850 g/mol. The summed E-state index contributed by atoms with van der Waals surface area (Å²) in [5.74, 6) is -20.2. The molecule has 3 aliphatic rings. The lowest BCUT2D eigenvalue weighted by atomic mass is 9.99. The number of phenols is 1. The number of aromatic amines is 1. The Morgan fingerprint density at radius 1 is 0.527 bits per heavy atom. The number of thioether (sulfide) groups is 1. The number of carboxylic acids is 2. The molecule has 3 fully saturated rings. The molecule has 16 amide bonds. The van der Waals surface area contributed by atoms with Crippen molar-refractivity contribution >= 4 is 140 Å².